The second kappa shape index (κ2) is 15.2. The Kier molecular flexibility index (Phi) is 10.9. The van der Waals surface area contributed by atoms with Crippen molar-refractivity contribution in [2.75, 3.05) is 26.7 Å². The van der Waals surface area contributed by atoms with Crippen LogP contribution >= 0.6 is 0 Å². The van der Waals surface area contributed by atoms with E-state index in [1.54, 1.807) is 29.0 Å². The maximum Gasteiger partial charge on any atom is 0.254 e. The number of hydrogen-bond acceptors (Lipinski definition) is 4. The van der Waals surface area contributed by atoms with Crippen molar-refractivity contribution in [3.05, 3.63) is 119 Å². The molecule has 0 saturated carbocycles. The smallest absolute Gasteiger partial charge is 0.254 e. The van der Waals surface area contributed by atoms with Crippen molar-refractivity contribution in [1.29, 1.82) is 0 Å². The van der Waals surface area contributed by atoms with Gasteiger partial charge in [0.1, 0.15) is 12.1 Å². The highest BCUT2D eigenvalue weighted by atomic mass is 16.2. The Labute approximate surface area is 273 Å². The molecule has 1 heterocycles. The molecular weight excluding hydrogens is 572 g/mol. The predicted molar refractivity (Wildman–Crippen MR) is 184 cm³/mol. The molecule has 2 atom stereocenters. The Morgan fingerprint density at radius 2 is 1.43 bits per heavy atom. The summed E-state index contributed by atoms with van der Waals surface area (Å²) in [6, 6.07) is 29.9. The van der Waals surface area contributed by atoms with Crippen molar-refractivity contribution < 1.29 is 14.4 Å². The Morgan fingerprint density at radius 3 is 2.13 bits per heavy atom. The molecule has 0 aliphatic carbocycles. The number of likely N-dealkylation sites (tertiary alicyclic amines) is 1. The molecule has 0 radical (unpaired) electrons. The molecule has 1 aliphatic rings. The highest BCUT2D eigenvalue weighted by Gasteiger charge is 2.38. The Hall–Kier alpha value is -4.49. The summed E-state index contributed by atoms with van der Waals surface area (Å²) in [6.45, 7) is 6.12. The van der Waals surface area contributed by atoms with Crippen LogP contribution in [0.1, 0.15) is 53.7 Å². The maximum absolute atomic E-state index is 14.8. The van der Waals surface area contributed by atoms with Gasteiger partial charge in [-0.3, -0.25) is 14.4 Å². The number of benzene rings is 4. The summed E-state index contributed by atoms with van der Waals surface area (Å²) < 4.78 is 0. The van der Waals surface area contributed by atoms with Gasteiger partial charge in [0.15, 0.2) is 0 Å². The lowest BCUT2D eigenvalue weighted by molar-refractivity contribution is -0.147. The molecule has 4 aromatic carbocycles. The number of hydrogen-bond donors (Lipinski definition) is 1. The van der Waals surface area contributed by atoms with E-state index in [2.05, 4.69) is 31.2 Å². The van der Waals surface area contributed by atoms with Crippen molar-refractivity contribution in [2.24, 2.45) is 11.7 Å². The third-order valence-corrected chi connectivity index (χ3v) is 9.38. The van der Waals surface area contributed by atoms with Crippen molar-refractivity contribution in [3.8, 4) is 0 Å². The first-order chi connectivity index (χ1) is 22.3. The van der Waals surface area contributed by atoms with E-state index in [1.807, 2.05) is 72.5 Å². The zero-order valence-corrected chi connectivity index (χ0v) is 27.3. The number of piperidine rings is 1. The third kappa shape index (κ3) is 7.65. The highest BCUT2D eigenvalue weighted by Crippen LogP contribution is 2.24. The largest absolute Gasteiger partial charge is 0.341 e. The van der Waals surface area contributed by atoms with E-state index in [-0.39, 0.29) is 17.7 Å². The van der Waals surface area contributed by atoms with Crippen LogP contribution in [0.3, 0.4) is 0 Å². The first kappa shape index (κ1) is 32.9. The molecule has 7 heteroatoms. The van der Waals surface area contributed by atoms with Gasteiger partial charge < -0.3 is 20.4 Å². The van der Waals surface area contributed by atoms with Gasteiger partial charge in [-0.15, -0.1) is 0 Å². The monoisotopic (exact) mass is 618 g/mol. The predicted octanol–water partition coefficient (Wildman–Crippen LogP) is 5.70. The molecule has 2 N–H and O–H groups in total. The van der Waals surface area contributed by atoms with Gasteiger partial charge in [-0.05, 0) is 65.3 Å². The van der Waals surface area contributed by atoms with Crippen molar-refractivity contribution in [2.45, 2.75) is 58.2 Å². The minimum Gasteiger partial charge on any atom is -0.341 e. The zero-order valence-electron chi connectivity index (χ0n) is 27.3. The topological polar surface area (TPSA) is 87.0 Å². The van der Waals surface area contributed by atoms with Gasteiger partial charge in [-0.1, -0.05) is 91.9 Å². The van der Waals surface area contributed by atoms with E-state index in [1.165, 1.54) is 0 Å². The average Bonchev–Trinajstić information content (AvgIpc) is 3.10. The van der Waals surface area contributed by atoms with E-state index < -0.39 is 12.1 Å². The minimum absolute atomic E-state index is 0.0407. The van der Waals surface area contributed by atoms with Gasteiger partial charge in [0.05, 0.1) is 0 Å². The lowest BCUT2D eigenvalue weighted by Crippen LogP contribution is -2.57. The Bertz CT molecular complexity index is 1650. The molecule has 240 valence electrons. The first-order valence-electron chi connectivity index (χ1n) is 16.5. The standard InChI is InChI=1S/C39H46N4O3/c1-4-43(37(44)34-16-10-13-31(24-34)27-40)36(26-30-17-18-32-14-8-9-15-33(32)23-30)38(45)41(3)35(25-29-11-6-5-7-12-29)39(46)42-21-19-28(2)20-22-42/h5-18,23-24,28,35-36H,4,19-22,25-27,40H2,1-3H3/t35-,36-/m1/s1. The van der Waals surface area contributed by atoms with Crippen LogP contribution in [0.25, 0.3) is 10.8 Å². The summed E-state index contributed by atoms with van der Waals surface area (Å²) in [7, 11) is 1.72. The van der Waals surface area contributed by atoms with E-state index in [4.69, 9.17) is 5.73 Å². The second-order valence-corrected chi connectivity index (χ2v) is 12.6. The summed E-state index contributed by atoms with van der Waals surface area (Å²) in [6.07, 6.45) is 2.62. The van der Waals surface area contributed by atoms with Gasteiger partial charge in [-0.25, -0.2) is 0 Å². The molecule has 0 bridgehead atoms. The van der Waals surface area contributed by atoms with Crippen LogP contribution in [0.5, 0.6) is 0 Å². The van der Waals surface area contributed by atoms with Crippen LogP contribution in [0.4, 0.5) is 0 Å². The van der Waals surface area contributed by atoms with Gasteiger partial charge >= 0.3 is 0 Å². The highest BCUT2D eigenvalue weighted by molar-refractivity contribution is 5.99. The quantitative estimate of drug-likeness (QED) is 0.234. The average molecular weight is 619 g/mol. The fourth-order valence-corrected chi connectivity index (χ4v) is 6.48. The molecule has 1 aliphatic heterocycles. The van der Waals surface area contributed by atoms with E-state index >= 15 is 0 Å². The number of carbonyl (C=O) groups excluding carboxylic acids is 3. The van der Waals surface area contributed by atoms with Gasteiger partial charge in [0.2, 0.25) is 11.8 Å². The molecule has 0 aromatic heterocycles. The van der Waals surface area contributed by atoms with Crippen LogP contribution in [-0.2, 0) is 29.0 Å². The molecule has 1 saturated heterocycles. The van der Waals surface area contributed by atoms with Crippen molar-refractivity contribution in [3.63, 3.8) is 0 Å². The fraction of sp³-hybridized carbons (Fsp3) is 0.359. The molecule has 46 heavy (non-hydrogen) atoms. The third-order valence-electron chi connectivity index (χ3n) is 9.38. The number of fused-ring (bicyclic) bond motifs is 1. The lowest BCUT2D eigenvalue weighted by Gasteiger charge is -2.39. The summed E-state index contributed by atoms with van der Waals surface area (Å²) >= 11 is 0. The number of nitrogens with two attached hydrogens (primary N) is 1. The van der Waals surface area contributed by atoms with E-state index in [0.29, 0.717) is 50.5 Å². The Morgan fingerprint density at radius 1 is 0.783 bits per heavy atom. The second-order valence-electron chi connectivity index (χ2n) is 12.6. The lowest BCUT2D eigenvalue weighted by atomic mass is 9.96. The number of rotatable bonds is 11. The molecule has 5 rings (SSSR count). The van der Waals surface area contributed by atoms with Crippen molar-refractivity contribution >= 4 is 28.5 Å². The van der Waals surface area contributed by atoms with Crippen LogP contribution in [0.2, 0.25) is 0 Å². The van der Waals surface area contributed by atoms with E-state index in [0.717, 1.165) is 40.3 Å². The number of carbonyl (C=O) groups is 3. The van der Waals surface area contributed by atoms with Gasteiger partial charge in [0, 0.05) is 51.6 Å². The number of likely N-dealkylation sites (N-methyl/N-ethyl adjacent to an activating group) is 2. The maximum atomic E-state index is 14.8. The molecule has 4 aromatic rings. The molecule has 0 spiro atoms. The molecule has 3 amide bonds. The normalized spacial score (nSPS) is 14.9. The minimum atomic E-state index is -0.822. The van der Waals surface area contributed by atoms with Crippen LogP contribution in [0, 0.1) is 5.92 Å². The van der Waals surface area contributed by atoms with Crippen LogP contribution in [-0.4, -0.2) is 71.2 Å². The van der Waals surface area contributed by atoms with Crippen LogP contribution < -0.4 is 5.73 Å². The fourth-order valence-electron chi connectivity index (χ4n) is 6.48. The first-order valence-corrected chi connectivity index (χ1v) is 16.5. The molecule has 0 unspecified atom stereocenters. The van der Waals surface area contributed by atoms with E-state index in [9.17, 15) is 14.4 Å². The summed E-state index contributed by atoms with van der Waals surface area (Å²) in [4.78, 5) is 48.3. The van der Waals surface area contributed by atoms with Gasteiger partial charge in [0.25, 0.3) is 5.91 Å². The summed E-state index contributed by atoms with van der Waals surface area (Å²) in [5.74, 6) is 0.0459. The summed E-state index contributed by atoms with van der Waals surface area (Å²) in [5.41, 5.74) is 9.16. The molecule has 1 fully saturated rings. The van der Waals surface area contributed by atoms with Crippen LogP contribution in [0.15, 0.2) is 97.1 Å². The zero-order chi connectivity index (χ0) is 32.6. The number of nitrogens with zero attached hydrogens (tertiary/aromatic N) is 3. The Balaban J connectivity index is 1.51. The number of amides is 3. The van der Waals surface area contributed by atoms with Gasteiger partial charge in [-0.2, -0.15) is 0 Å². The van der Waals surface area contributed by atoms with Crippen molar-refractivity contribution in [1.82, 2.24) is 14.7 Å². The summed E-state index contributed by atoms with van der Waals surface area (Å²) in [5, 5.41) is 2.18. The SMILES string of the molecule is CCN(C(=O)c1cccc(CN)c1)[C@H](Cc1ccc2ccccc2c1)C(=O)N(C)[C@H](Cc1ccccc1)C(=O)N1CCC(C)CC1. The molecule has 7 nitrogen and oxygen atoms in total. The molecular formula is C39H46N4O3.